The van der Waals surface area contributed by atoms with Gasteiger partial charge < -0.3 is 10.2 Å². The zero-order valence-electron chi connectivity index (χ0n) is 20.7. The molecule has 0 saturated carbocycles. The number of benzene rings is 1. The zero-order chi connectivity index (χ0) is 23.0. The normalized spacial score (nSPS) is 23.9. The zero-order valence-corrected chi connectivity index (χ0v) is 20.7. The van der Waals surface area contributed by atoms with Gasteiger partial charge in [-0.2, -0.15) is 4.98 Å². The average Bonchev–Trinajstić information content (AvgIpc) is 3.29. The van der Waals surface area contributed by atoms with Crippen molar-refractivity contribution in [2.24, 2.45) is 0 Å². The maximum Gasteiger partial charge on any atom is 0.224 e. The molecule has 1 atom stereocenters. The summed E-state index contributed by atoms with van der Waals surface area (Å²) in [5.74, 6) is 1.90. The van der Waals surface area contributed by atoms with Crippen LogP contribution in [0.5, 0.6) is 0 Å². The molecule has 5 rings (SSSR count). The summed E-state index contributed by atoms with van der Waals surface area (Å²) in [7, 11) is 0. The van der Waals surface area contributed by atoms with Gasteiger partial charge in [0.1, 0.15) is 5.82 Å². The van der Waals surface area contributed by atoms with Crippen molar-refractivity contribution < 1.29 is 0 Å². The predicted molar refractivity (Wildman–Crippen MR) is 140 cm³/mol. The van der Waals surface area contributed by atoms with E-state index in [-0.39, 0.29) is 0 Å². The molecule has 1 N–H and O–H groups in total. The highest BCUT2D eigenvalue weighted by Crippen LogP contribution is 2.24. The molecule has 34 heavy (non-hydrogen) atoms. The molecule has 1 unspecified atom stereocenters. The lowest BCUT2D eigenvalue weighted by atomic mass is 10.0. The molecule has 3 saturated heterocycles. The van der Waals surface area contributed by atoms with Crippen LogP contribution in [-0.4, -0.2) is 71.1 Å². The van der Waals surface area contributed by atoms with Gasteiger partial charge >= 0.3 is 0 Å². The summed E-state index contributed by atoms with van der Waals surface area (Å²) < 4.78 is 0. The van der Waals surface area contributed by atoms with Crippen molar-refractivity contribution in [3.05, 3.63) is 48.2 Å². The van der Waals surface area contributed by atoms with Gasteiger partial charge in [-0.05, 0) is 69.8 Å². The van der Waals surface area contributed by atoms with E-state index in [4.69, 9.17) is 4.98 Å². The number of rotatable bonds is 6. The van der Waals surface area contributed by atoms with Gasteiger partial charge in [0.05, 0.1) is 0 Å². The topological polar surface area (TPSA) is 47.5 Å². The Balaban J connectivity index is 1.15. The number of nitrogens with one attached hydrogen (secondary N) is 1. The molecule has 2 aromatic rings. The Hall–Kier alpha value is -2.18. The molecule has 1 aromatic heterocycles. The predicted octanol–water partition coefficient (Wildman–Crippen LogP) is 4.79. The van der Waals surface area contributed by atoms with Gasteiger partial charge in [0.15, 0.2) is 0 Å². The lowest BCUT2D eigenvalue weighted by Crippen LogP contribution is -2.47. The largest absolute Gasteiger partial charge is 0.356 e. The Kier molecular flexibility index (Phi) is 8.30. The molecule has 6 heteroatoms. The molecule has 6 nitrogen and oxygen atoms in total. The standard InChI is InChI=1S/C28H42N6/c1-2-8-18-33(17-7-1)27-13-16-29-28(31-27)30-25-12-6-9-19-34(23-25)26-14-20-32(21-15-26)22-24-10-4-3-5-11-24/h3-5,10-11,13,16,25-26H,1-2,6-9,12,14-15,17-23H2,(H,29,30,31). The number of nitrogens with zero attached hydrogens (tertiary/aromatic N) is 5. The number of likely N-dealkylation sites (tertiary alicyclic amines) is 2. The number of piperidine rings is 1. The summed E-state index contributed by atoms with van der Waals surface area (Å²) in [4.78, 5) is 17.4. The van der Waals surface area contributed by atoms with Crippen LogP contribution in [-0.2, 0) is 6.54 Å². The van der Waals surface area contributed by atoms with Crippen LogP contribution < -0.4 is 10.2 Å². The Bertz CT molecular complexity index is 858. The molecule has 0 amide bonds. The van der Waals surface area contributed by atoms with E-state index in [0.717, 1.165) is 37.9 Å². The summed E-state index contributed by atoms with van der Waals surface area (Å²) in [6, 6.07) is 14.1. The third kappa shape index (κ3) is 6.48. The fraction of sp³-hybridized carbons (Fsp3) is 0.643. The fourth-order valence-corrected chi connectivity index (χ4v) is 5.98. The molecule has 3 aliphatic rings. The second kappa shape index (κ2) is 12.0. The minimum absolute atomic E-state index is 0.434. The quantitative estimate of drug-likeness (QED) is 0.666. The highest BCUT2D eigenvalue weighted by molar-refractivity contribution is 5.43. The molecule has 3 fully saturated rings. The molecular weight excluding hydrogens is 420 g/mol. The van der Waals surface area contributed by atoms with E-state index in [0.29, 0.717) is 12.1 Å². The van der Waals surface area contributed by atoms with E-state index in [1.807, 2.05) is 6.20 Å². The van der Waals surface area contributed by atoms with Crippen LogP contribution in [0.1, 0.15) is 63.4 Å². The van der Waals surface area contributed by atoms with Gasteiger partial charge in [-0.1, -0.05) is 49.6 Å². The first-order chi connectivity index (χ1) is 16.8. The van der Waals surface area contributed by atoms with E-state index < -0.39 is 0 Å². The van der Waals surface area contributed by atoms with E-state index in [1.54, 1.807) is 0 Å². The minimum Gasteiger partial charge on any atom is -0.356 e. The van der Waals surface area contributed by atoms with Gasteiger partial charge in [0.25, 0.3) is 0 Å². The van der Waals surface area contributed by atoms with Crippen LogP contribution in [0.4, 0.5) is 11.8 Å². The highest BCUT2D eigenvalue weighted by atomic mass is 15.3. The summed E-state index contributed by atoms with van der Waals surface area (Å²) in [5, 5.41) is 3.73. The van der Waals surface area contributed by atoms with Crippen LogP contribution in [0.15, 0.2) is 42.6 Å². The lowest BCUT2D eigenvalue weighted by Gasteiger charge is -2.39. The van der Waals surface area contributed by atoms with E-state index in [2.05, 4.69) is 61.4 Å². The lowest BCUT2D eigenvalue weighted by molar-refractivity contribution is 0.105. The van der Waals surface area contributed by atoms with Crippen molar-refractivity contribution in [2.45, 2.75) is 76.4 Å². The SMILES string of the molecule is c1ccc(CN2CCC(N3CCCCC(Nc4nccc(N5CCCCCC5)n4)C3)CC2)cc1. The van der Waals surface area contributed by atoms with Gasteiger partial charge in [-0.15, -0.1) is 0 Å². The van der Waals surface area contributed by atoms with Crippen LogP contribution >= 0.6 is 0 Å². The van der Waals surface area contributed by atoms with Crippen LogP contribution in [0, 0.1) is 0 Å². The van der Waals surface area contributed by atoms with Gasteiger partial charge in [-0.25, -0.2) is 4.98 Å². The number of anilines is 2. The van der Waals surface area contributed by atoms with E-state index >= 15 is 0 Å². The second-order valence-corrected chi connectivity index (χ2v) is 10.5. The Morgan fingerprint density at radius 1 is 0.794 bits per heavy atom. The molecule has 3 aliphatic heterocycles. The molecule has 0 aliphatic carbocycles. The number of hydrogen-bond acceptors (Lipinski definition) is 6. The molecule has 1 aromatic carbocycles. The number of aromatic nitrogens is 2. The summed E-state index contributed by atoms with van der Waals surface area (Å²) in [6.45, 7) is 8.08. The summed E-state index contributed by atoms with van der Waals surface area (Å²) in [6.07, 6.45) is 13.5. The van der Waals surface area contributed by atoms with Crippen molar-refractivity contribution >= 4 is 11.8 Å². The minimum atomic E-state index is 0.434. The van der Waals surface area contributed by atoms with Gasteiger partial charge in [0.2, 0.25) is 5.95 Å². The molecule has 184 valence electrons. The number of hydrogen-bond donors (Lipinski definition) is 1. The third-order valence-corrected chi connectivity index (χ3v) is 7.93. The summed E-state index contributed by atoms with van der Waals surface area (Å²) >= 11 is 0. The molecule has 0 bridgehead atoms. The van der Waals surface area contributed by atoms with Crippen LogP contribution in [0.25, 0.3) is 0 Å². The average molecular weight is 463 g/mol. The molecule has 0 spiro atoms. The molecule has 0 radical (unpaired) electrons. The first-order valence-corrected chi connectivity index (χ1v) is 13.7. The highest BCUT2D eigenvalue weighted by Gasteiger charge is 2.28. The second-order valence-electron chi connectivity index (χ2n) is 10.5. The van der Waals surface area contributed by atoms with Gasteiger partial charge in [0, 0.05) is 44.5 Å². The third-order valence-electron chi connectivity index (χ3n) is 7.93. The Morgan fingerprint density at radius 3 is 2.35 bits per heavy atom. The Labute approximate surface area is 205 Å². The van der Waals surface area contributed by atoms with Crippen molar-refractivity contribution in [2.75, 3.05) is 49.5 Å². The van der Waals surface area contributed by atoms with Crippen LogP contribution in [0.3, 0.4) is 0 Å². The van der Waals surface area contributed by atoms with E-state index in [1.165, 1.54) is 83.0 Å². The maximum absolute atomic E-state index is 4.93. The van der Waals surface area contributed by atoms with Crippen molar-refractivity contribution in [3.8, 4) is 0 Å². The van der Waals surface area contributed by atoms with Crippen molar-refractivity contribution in [1.29, 1.82) is 0 Å². The van der Waals surface area contributed by atoms with Crippen molar-refractivity contribution in [3.63, 3.8) is 0 Å². The maximum atomic E-state index is 4.93. The molecular formula is C28H42N6. The first kappa shape index (κ1) is 23.6. The first-order valence-electron chi connectivity index (χ1n) is 13.7. The Morgan fingerprint density at radius 2 is 1.56 bits per heavy atom. The van der Waals surface area contributed by atoms with E-state index in [9.17, 15) is 0 Å². The van der Waals surface area contributed by atoms with Crippen molar-refractivity contribution in [1.82, 2.24) is 19.8 Å². The fourth-order valence-electron chi connectivity index (χ4n) is 5.98. The van der Waals surface area contributed by atoms with Crippen LogP contribution in [0.2, 0.25) is 0 Å². The monoisotopic (exact) mass is 462 g/mol. The van der Waals surface area contributed by atoms with Gasteiger partial charge in [-0.3, -0.25) is 9.80 Å². The molecule has 4 heterocycles. The smallest absolute Gasteiger partial charge is 0.224 e. The summed E-state index contributed by atoms with van der Waals surface area (Å²) in [5.41, 5.74) is 1.43.